The predicted octanol–water partition coefficient (Wildman–Crippen LogP) is 7.94. The van der Waals surface area contributed by atoms with Gasteiger partial charge < -0.3 is 9.84 Å². The minimum Gasteiger partial charge on any atom is -0.482 e. The number of carbonyl (C=O) groups is 1. The number of benzene rings is 2. The third-order valence-corrected chi connectivity index (χ3v) is 8.51. The second-order valence-corrected chi connectivity index (χ2v) is 10.7. The number of ether oxygens (including phenoxy) is 1. The standard InChI is InChI=1S/C26H26F3NO3S2/c1-16-23(35-25(30-16)18-7-9-19(10-8-18)26(27,28)29)15-34-20-11-12-22(33-14-24(31)32)21(13-20)17-5-3-2-4-6-17/h7-13,17H,2-6,14-15H2,1H3,(H,31,32). The first-order valence-corrected chi connectivity index (χ1v) is 13.3. The number of halogens is 3. The van der Waals surface area contributed by atoms with Crippen LogP contribution in [0.15, 0.2) is 47.4 Å². The van der Waals surface area contributed by atoms with Crippen molar-refractivity contribution in [1.82, 2.24) is 4.98 Å². The molecule has 0 radical (unpaired) electrons. The number of rotatable bonds is 8. The summed E-state index contributed by atoms with van der Waals surface area (Å²) in [6.45, 7) is 1.55. The lowest BCUT2D eigenvalue weighted by Crippen LogP contribution is -2.12. The molecule has 0 spiro atoms. The Morgan fingerprint density at radius 3 is 2.51 bits per heavy atom. The van der Waals surface area contributed by atoms with Crippen LogP contribution in [0.4, 0.5) is 13.2 Å². The lowest BCUT2D eigenvalue weighted by molar-refractivity contribution is -0.139. The smallest absolute Gasteiger partial charge is 0.416 e. The van der Waals surface area contributed by atoms with Crippen LogP contribution < -0.4 is 4.74 Å². The minimum absolute atomic E-state index is 0.362. The number of thioether (sulfide) groups is 1. The molecule has 1 N–H and O–H groups in total. The van der Waals surface area contributed by atoms with Crippen LogP contribution in [0.25, 0.3) is 10.6 Å². The van der Waals surface area contributed by atoms with Crippen molar-refractivity contribution in [2.75, 3.05) is 6.61 Å². The van der Waals surface area contributed by atoms with Gasteiger partial charge in [-0.2, -0.15) is 13.2 Å². The number of aryl methyl sites for hydroxylation is 1. The molecule has 4 rings (SSSR count). The summed E-state index contributed by atoms with van der Waals surface area (Å²) in [4.78, 5) is 17.7. The van der Waals surface area contributed by atoms with Crippen molar-refractivity contribution in [1.29, 1.82) is 0 Å². The van der Waals surface area contributed by atoms with E-state index < -0.39 is 17.7 Å². The second kappa shape index (κ2) is 11.0. The number of aromatic nitrogens is 1. The van der Waals surface area contributed by atoms with Gasteiger partial charge in [0.2, 0.25) is 0 Å². The van der Waals surface area contributed by atoms with E-state index in [0.717, 1.165) is 58.8 Å². The van der Waals surface area contributed by atoms with Crippen LogP contribution in [0.5, 0.6) is 5.75 Å². The van der Waals surface area contributed by atoms with Gasteiger partial charge in [-0.25, -0.2) is 9.78 Å². The molecule has 1 aliphatic rings. The summed E-state index contributed by atoms with van der Waals surface area (Å²) < 4.78 is 44.1. The van der Waals surface area contributed by atoms with E-state index in [4.69, 9.17) is 9.84 Å². The zero-order valence-electron chi connectivity index (χ0n) is 19.2. The fraction of sp³-hybridized carbons (Fsp3) is 0.385. The zero-order valence-corrected chi connectivity index (χ0v) is 20.9. The van der Waals surface area contributed by atoms with Gasteiger partial charge >= 0.3 is 12.1 Å². The summed E-state index contributed by atoms with van der Waals surface area (Å²) in [7, 11) is 0. The summed E-state index contributed by atoms with van der Waals surface area (Å²) in [5, 5.41) is 9.72. The van der Waals surface area contributed by atoms with Gasteiger partial charge in [-0.05, 0) is 61.6 Å². The Labute approximate surface area is 210 Å². The van der Waals surface area contributed by atoms with Crippen molar-refractivity contribution in [3.63, 3.8) is 0 Å². The fourth-order valence-corrected chi connectivity index (χ4v) is 6.41. The van der Waals surface area contributed by atoms with Crippen LogP contribution in [0, 0.1) is 6.92 Å². The summed E-state index contributed by atoms with van der Waals surface area (Å²) in [6, 6.07) is 11.0. The summed E-state index contributed by atoms with van der Waals surface area (Å²) in [5.74, 6) is 0.693. The van der Waals surface area contributed by atoms with Gasteiger partial charge in [0.1, 0.15) is 10.8 Å². The Morgan fingerprint density at radius 1 is 1.14 bits per heavy atom. The van der Waals surface area contributed by atoms with E-state index >= 15 is 0 Å². The van der Waals surface area contributed by atoms with Crippen LogP contribution in [0.3, 0.4) is 0 Å². The van der Waals surface area contributed by atoms with E-state index in [0.29, 0.717) is 28.0 Å². The predicted molar refractivity (Wildman–Crippen MR) is 132 cm³/mol. The van der Waals surface area contributed by atoms with Gasteiger partial charge in [0, 0.05) is 21.1 Å². The Balaban J connectivity index is 1.49. The molecule has 2 aromatic carbocycles. The molecule has 35 heavy (non-hydrogen) atoms. The topological polar surface area (TPSA) is 59.4 Å². The van der Waals surface area contributed by atoms with Crippen molar-refractivity contribution < 1.29 is 27.8 Å². The molecule has 0 saturated heterocycles. The maximum Gasteiger partial charge on any atom is 0.416 e. The van der Waals surface area contributed by atoms with Crippen molar-refractivity contribution in [3.05, 3.63) is 64.2 Å². The first-order valence-electron chi connectivity index (χ1n) is 11.5. The van der Waals surface area contributed by atoms with Crippen molar-refractivity contribution in [2.24, 2.45) is 0 Å². The van der Waals surface area contributed by atoms with Gasteiger partial charge in [0.05, 0.1) is 11.3 Å². The third kappa shape index (κ3) is 6.58. The SMILES string of the molecule is Cc1nc(-c2ccc(C(F)(F)F)cc2)sc1CSc1ccc(OCC(=O)O)c(C2CCCCC2)c1. The van der Waals surface area contributed by atoms with E-state index in [-0.39, 0.29) is 6.61 Å². The first-order chi connectivity index (χ1) is 16.7. The molecule has 0 bridgehead atoms. The molecule has 9 heteroatoms. The van der Waals surface area contributed by atoms with Crippen LogP contribution >= 0.6 is 23.1 Å². The molecule has 1 heterocycles. The highest BCUT2D eigenvalue weighted by atomic mass is 32.2. The van der Waals surface area contributed by atoms with Crippen LogP contribution in [-0.2, 0) is 16.7 Å². The van der Waals surface area contributed by atoms with E-state index in [1.807, 2.05) is 19.1 Å². The van der Waals surface area contributed by atoms with Crippen LogP contribution in [-0.4, -0.2) is 22.7 Å². The molecule has 1 aliphatic carbocycles. The average molecular weight is 522 g/mol. The Bertz CT molecular complexity index is 1170. The highest BCUT2D eigenvalue weighted by Gasteiger charge is 2.30. The molecule has 0 amide bonds. The molecule has 1 saturated carbocycles. The Kier molecular flexibility index (Phi) is 8.06. The van der Waals surface area contributed by atoms with E-state index in [2.05, 4.69) is 11.1 Å². The molecule has 0 aliphatic heterocycles. The van der Waals surface area contributed by atoms with E-state index in [1.54, 1.807) is 11.8 Å². The van der Waals surface area contributed by atoms with Gasteiger partial charge in [0.25, 0.3) is 0 Å². The molecule has 1 fully saturated rings. The number of aliphatic carboxylic acids is 1. The number of thiazole rings is 1. The normalized spacial score (nSPS) is 14.7. The quantitative estimate of drug-likeness (QED) is 0.305. The molecule has 186 valence electrons. The number of alkyl halides is 3. The first kappa shape index (κ1) is 25.6. The summed E-state index contributed by atoms with van der Waals surface area (Å²) in [5.41, 5.74) is 1.94. The van der Waals surface area contributed by atoms with Crippen LogP contribution in [0.2, 0.25) is 0 Å². The van der Waals surface area contributed by atoms with Crippen molar-refractivity contribution in [2.45, 2.75) is 61.8 Å². The molecule has 3 aromatic rings. The highest BCUT2D eigenvalue weighted by molar-refractivity contribution is 7.98. The maximum absolute atomic E-state index is 12.9. The van der Waals surface area contributed by atoms with E-state index in [9.17, 15) is 18.0 Å². The maximum atomic E-state index is 12.9. The van der Waals surface area contributed by atoms with Gasteiger partial charge in [-0.1, -0.05) is 31.4 Å². The molecular weight excluding hydrogens is 495 g/mol. The zero-order chi connectivity index (χ0) is 25.0. The van der Waals surface area contributed by atoms with Crippen molar-refractivity contribution >= 4 is 29.1 Å². The Hall–Kier alpha value is -2.52. The summed E-state index contributed by atoms with van der Waals surface area (Å²) in [6.07, 6.45) is 1.33. The fourth-order valence-electron chi connectivity index (χ4n) is 4.26. The van der Waals surface area contributed by atoms with Gasteiger partial charge in [-0.15, -0.1) is 23.1 Å². The average Bonchev–Trinajstić information content (AvgIpc) is 3.22. The highest BCUT2D eigenvalue weighted by Crippen LogP contribution is 2.41. The lowest BCUT2D eigenvalue weighted by atomic mass is 9.84. The number of carboxylic acids is 1. The summed E-state index contributed by atoms with van der Waals surface area (Å²) >= 11 is 3.15. The minimum atomic E-state index is -4.36. The number of carboxylic acid groups (broad SMARTS) is 1. The molecule has 4 nitrogen and oxygen atoms in total. The van der Waals surface area contributed by atoms with Gasteiger partial charge in [-0.3, -0.25) is 0 Å². The monoisotopic (exact) mass is 521 g/mol. The lowest BCUT2D eigenvalue weighted by Gasteiger charge is -2.24. The largest absolute Gasteiger partial charge is 0.482 e. The second-order valence-electron chi connectivity index (χ2n) is 8.61. The number of nitrogens with zero attached hydrogens (tertiary/aromatic N) is 1. The molecule has 0 unspecified atom stereocenters. The van der Waals surface area contributed by atoms with E-state index in [1.165, 1.54) is 29.9 Å². The third-order valence-electron chi connectivity index (χ3n) is 6.10. The number of hydrogen-bond acceptors (Lipinski definition) is 5. The Morgan fingerprint density at radius 2 is 1.86 bits per heavy atom. The number of hydrogen-bond donors (Lipinski definition) is 1. The molecular formula is C26H26F3NO3S2. The van der Waals surface area contributed by atoms with Crippen molar-refractivity contribution in [3.8, 4) is 16.3 Å². The molecule has 0 atom stereocenters. The molecule has 1 aromatic heterocycles. The van der Waals surface area contributed by atoms with Crippen LogP contribution in [0.1, 0.15) is 59.7 Å². The van der Waals surface area contributed by atoms with Gasteiger partial charge in [0.15, 0.2) is 6.61 Å².